The molecule has 1 spiro atoms. The second-order valence-corrected chi connectivity index (χ2v) is 8.12. The lowest BCUT2D eigenvalue weighted by atomic mass is 9.81. The van der Waals surface area contributed by atoms with E-state index in [1.165, 1.54) is 20.6 Å². The van der Waals surface area contributed by atoms with Crippen molar-refractivity contribution in [2.45, 2.75) is 56.1 Å². The molecule has 2 heterocycles. The molecule has 7 nitrogen and oxygen atoms in total. The third-order valence-corrected chi connectivity index (χ3v) is 6.53. The fourth-order valence-corrected chi connectivity index (χ4v) is 5.15. The van der Waals surface area contributed by atoms with Gasteiger partial charge in [-0.1, -0.05) is 36.8 Å². The summed E-state index contributed by atoms with van der Waals surface area (Å²) in [5.74, 6) is -2.39. The summed E-state index contributed by atoms with van der Waals surface area (Å²) in [6.07, 6.45) is 4.60. The molecule has 3 aliphatic rings. The Morgan fingerprint density at radius 3 is 2.38 bits per heavy atom. The average molecular weight is 403 g/mol. The van der Waals surface area contributed by atoms with Crippen molar-refractivity contribution in [2.24, 2.45) is 11.8 Å². The molecule has 2 saturated heterocycles. The van der Waals surface area contributed by atoms with E-state index in [-0.39, 0.29) is 18.1 Å². The Hall–Kier alpha value is -1.96. The van der Waals surface area contributed by atoms with E-state index in [1.807, 2.05) is 30.3 Å². The number of benzene rings is 1. The Bertz CT molecular complexity index is 732. The van der Waals surface area contributed by atoms with Gasteiger partial charge in [-0.05, 0) is 18.4 Å². The lowest BCUT2D eigenvalue weighted by molar-refractivity contribution is -0.195. The van der Waals surface area contributed by atoms with Crippen LogP contribution in [0.4, 0.5) is 0 Å². The molecule has 1 N–H and O–H groups in total. The summed E-state index contributed by atoms with van der Waals surface area (Å²) in [5, 5.41) is 3.33. The van der Waals surface area contributed by atoms with Gasteiger partial charge in [-0.3, -0.25) is 14.9 Å². The monoisotopic (exact) mass is 403 g/mol. The van der Waals surface area contributed by atoms with Crippen LogP contribution < -0.4 is 5.32 Å². The predicted octanol–water partition coefficient (Wildman–Crippen LogP) is 2.35. The topological polar surface area (TPSA) is 83.1 Å². The molecule has 2 aliphatic heterocycles. The van der Waals surface area contributed by atoms with Crippen molar-refractivity contribution in [1.29, 1.82) is 0 Å². The first-order valence-corrected chi connectivity index (χ1v) is 10.4. The molecule has 1 aromatic carbocycles. The highest BCUT2D eigenvalue weighted by molar-refractivity contribution is 5.81. The fraction of sp³-hybridized carbons (Fsp3) is 0.636. The van der Waals surface area contributed by atoms with Crippen LogP contribution in [-0.4, -0.2) is 50.7 Å². The second-order valence-electron chi connectivity index (χ2n) is 8.12. The molecule has 0 aromatic heterocycles. The van der Waals surface area contributed by atoms with Crippen LogP contribution in [-0.2, 0) is 28.5 Å². The van der Waals surface area contributed by atoms with Crippen molar-refractivity contribution in [3.63, 3.8) is 0 Å². The zero-order valence-electron chi connectivity index (χ0n) is 17.0. The molecule has 0 radical (unpaired) electrons. The zero-order chi connectivity index (χ0) is 20.4. The van der Waals surface area contributed by atoms with Gasteiger partial charge >= 0.3 is 11.9 Å². The first-order valence-electron chi connectivity index (χ1n) is 10.4. The van der Waals surface area contributed by atoms with Gasteiger partial charge in [-0.15, -0.1) is 0 Å². The van der Waals surface area contributed by atoms with Crippen LogP contribution >= 0.6 is 0 Å². The molecular formula is C22H29NO6. The zero-order valence-corrected chi connectivity index (χ0v) is 17.0. The molecular weight excluding hydrogens is 374 g/mol. The highest BCUT2D eigenvalue weighted by atomic mass is 16.7. The van der Waals surface area contributed by atoms with Crippen LogP contribution in [0.25, 0.3) is 0 Å². The number of esters is 2. The summed E-state index contributed by atoms with van der Waals surface area (Å²) in [6.45, 7) is 0.356. The molecule has 1 aromatic rings. The molecule has 7 heteroatoms. The molecule has 0 amide bonds. The summed E-state index contributed by atoms with van der Waals surface area (Å²) >= 11 is 0. The predicted molar refractivity (Wildman–Crippen MR) is 104 cm³/mol. The molecule has 158 valence electrons. The molecule has 29 heavy (non-hydrogen) atoms. The number of carbonyl (C=O) groups excluding carboxylic acids is 2. The molecule has 5 atom stereocenters. The number of nitrogens with one attached hydrogen (secondary N) is 1. The largest absolute Gasteiger partial charge is 0.469 e. The summed E-state index contributed by atoms with van der Waals surface area (Å²) < 4.78 is 22.8. The Labute approximate surface area is 171 Å². The lowest BCUT2D eigenvalue weighted by Gasteiger charge is -2.33. The van der Waals surface area contributed by atoms with E-state index < -0.39 is 29.6 Å². The number of rotatable bonds is 4. The SMILES string of the molecule is COC(=O)[C@H]1[C@H]([C@H]2COC3(CCCCC3)O2)[C@@H](C(=O)OC)N[C@H]1c1ccccc1. The van der Waals surface area contributed by atoms with Gasteiger partial charge < -0.3 is 18.9 Å². The quantitative estimate of drug-likeness (QED) is 0.773. The van der Waals surface area contributed by atoms with E-state index in [0.717, 1.165) is 31.2 Å². The first-order chi connectivity index (χ1) is 14.1. The van der Waals surface area contributed by atoms with Crippen LogP contribution in [0.3, 0.4) is 0 Å². The van der Waals surface area contributed by atoms with Gasteiger partial charge in [0.2, 0.25) is 0 Å². The number of hydrogen-bond acceptors (Lipinski definition) is 7. The van der Waals surface area contributed by atoms with Crippen molar-refractivity contribution >= 4 is 11.9 Å². The highest BCUT2D eigenvalue weighted by Crippen LogP contribution is 2.46. The molecule has 1 aliphatic carbocycles. The van der Waals surface area contributed by atoms with E-state index in [0.29, 0.717) is 6.61 Å². The van der Waals surface area contributed by atoms with Gasteiger partial charge in [0.1, 0.15) is 6.04 Å². The van der Waals surface area contributed by atoms with Crippen molar-refractivity contribution in [2.75, 3.05) is 20.8 Å². The minimum atomic E-state index is -0.679. The van der Waals surface area contributed by atoms with E-state index >= 15 is 0 Å². The maximum Gasteiger partial charge on any atom is 0.323 e. The van der Waals surface area contributed by atoms with Crippen LogP contribution in [0.1, 0.15) is 43.7 Å². The van der Waals surface area contributed by atoms with Gasteiger partial charge in [0.15, 0.2) is 5.79 Å². The fourth-order valence-electron chi connectivity index (χ4n) is 5.15. The van der Waals surface area contributed by atoms with E-state index in [1.54, 1.807) is 0 Å². The molecule has 3 fully saturated rings. The second kappa shape index (κ2) is 8.42. The van der Waals surface area contributed by atoms with Gasteiger partial charge in [0.05, 0.1) is 32.8 Å². The summed E-state index contributed by atoms with van der Waals surface area (Å²) in [5.41, 5.74) is 0.922. The van der Waals surface area contributed by atoms with Crippen LogP contribution in [0, 0.1) is 11.8 Å². The summed E-state index contributed by atoms with van der Waals surface area (Å²) in [6, 6.07) is 8.58. The maximum atomic E-state index is 12.9. The van der Waals surface area contributed by atoms with Crippen molar-refractivity contribution < 1.29 is 28.5 Å². The Balaban J connectivity index is 1.67. The molecule has 4 rings (SSSR count). The smallest absolute Gasteiger partial charge is 0.323 e. The van der Waals surface area contributed by atoms with Gasteiger partial charge in [-0.2, -0.15) is 0 Å². The molecule has 0 unspecified atom stereocenters. The standard InChI is InChI=1S/C22H29NO6/c1-26-20(24)17-16(15-13-28-22(29-15)11-7-4-8-12-22)19(21(25)27-2)23-18(17)14-9-5-3-6-10-14/h3,5-6,9-10,15-19,23H,4,7-8,11-13H2,1-2H3/t15-,16+,17+,18+,19+/m1/s1. The third kappa shape index (κ3) is 3.79. The highest BCUT2D eigenvalue weighted by Gasteiger charge is 2.58. The van der Waals surface area contributed by atoms with Crippen LogP contribution in [0.2, 0.25) is 0 Å². The van der Waals surface area contributed by atoms with Crippen molar-refractivity contribution in [3.8, 4) is 0 Å². The Morgan fingerprint density at radius 1 is 1.03 bits per heavy atom. The lowest BCUT2D eigenvalue weighted by Crippen LogP contribution is -2.45. The minimum Gasteiger partial charge on any atom is -0.469 e. The van der Waals surface area contributed by atoms with E-state index in [2.05, 4.69) is 5.32 Å². The first kappa shape index (κ1) is 20.3. The normalized spacial score (nSPS) is 33.5. The van der Waals surface area contributed by atoms with Gasteiger partial charge in [-0.25, -0.2) is 0 Å². The number of ether oxygens (including phenoxy) is 4. The molecule has 1 saturated carbocycles. The van der Waals surface area contributed by atoms with E-state index in [4.69, 9.17) is 18.9 Å². The van der Waals surface area contributed by atoms with Crippen LogP contribution in [0.15, 0.2) is 30.3 Å². The summed E-state index contributed by atoms with van der Waals surface area (Å²) in [4.78, 5) is 25.5. The average Bonchev–Trinajstić information content (AvgIpc) is 3.35. The summed E-state index contributed by atoms with van der Waals surface area (Å²) in [7, 11) is 2.74. The Kier molecular flexibility index (Phi) is 5.90. The van der Waals surface area contributed by atoms with E-state index in [9.17, 15) is 9.59 Å². The van der Waals surface area contributed by atoms with Crippen molar-refractivity contribution in [3.05, 3.63) is 35.9 Å². The van der Waals surface area contributed by atoms with Gasteiger partial charge in [0.25, 0.3) is 0 Å². The van der Waals surface area contributed by atoms with Crippen LogP contribution in [0.5, 0.6) is 0 Å². The number of carbonyl (C=O) groups is 2. The maximum absolute atomic E-state index is 12.9. The van der Waals surface area contributed by atoms with Gasteiger partial charge in [0, 0.05) is 24.8 Å². The molecule has 0 bridgehead atoms. The van der Waals surface area contributed by atoms with Crippen molar-refractivity contribution in [1.82, 2.24) is 5.32 Å². The minimum absolute atomic E-state index is 0.356. The third-order valence-electron chi connectivity index (χ3n) is 6.53. The Morgan fingerprint density at radius 2 is 1.72 bits per heavy atom. The number of hydrogen-bond donors (Lipinski definition) is 1. The number of methoxy groups -OCH3 is 2.